The Hall–Kier alpha value is -0.940. The van der Waals surface area contributed by atoms with E-state index in [2.05, 4.69) is 15.9 Å². The fraction of sp³-hybridized carbons (Fsp3) is 0.500. The molecule has 1 saturated heterocycles. The number of halogens is 2. The van der Waals surface area contributed by atoms with Gasteiger partial charge in [-0.15, -0.1) is 0 Å². The number of benzene rings is 1. The van der Waals surface area contributed by atoms with Crippen molar-refractivity contribution in [2.75, 3.05) is 6.54 Å². The molecule has 5 heteroatoms. The molecule has 1 aromatic rings. The van der Waals surface area contributed by atoms with Crippen LogP contribution in [-0.2, 0) is 11.3 Å². The van der Waals surface area contributed by atoms with E-state index < -0.39 is 12.0 Å². The van der Waals surface area contributed by atoms with E-state index in [4.69, 9.17) is 0 Å². The van der Waals surface area contributed by atoms with Crippen molar-refractivity contribution in [3.8, 4) is 0 Å². The molecular weight excluding hydrogens is 313 g/mol. The summed E-state index contributed by atoms with van der Waals surface area (Å²) in [5, 5.41) is 9.28. The fourth-order valence-corrected chi connectivity index (χ4v) is 2.84. The quantitative estimate of drug-likeness (QED) is 0.923. The van der Waals surface area contributed by atoms with Crippen LogP contribution in [0.2, 0.25) is 0 Å². The van der Waals surface area contributed by atoms with Crippen molar-refractivity contribution in [1.82, 2.24) is 4.90 Å². The van der Waals surface area contributed by atoms with Gasteiger partial charge in [0.1, 0.15) is 11.9 Å². The van der Waals surface area contributed by atoms with Crippen LogP contribution in [0.5, 0.6) is 0 Å². The lowest BCUT2D eigenvalue weighted by molar-refractivity contribution is -0.143. The summed E-state index contributed by atoms with van der Waals surface area (Å²) in [7, 11) is 0. The molecule has 1 aromatic carbocycles. The molecule has 0 amide bonds. The van der Waals surface area contributed by atoms with Gasteiger partial charge in [0.2, 0.25) is 0 Å². The molecule has 2 rings (SSSR count). The summed E-state index contributed by atoms with van der Waals surface area (Å²) in [6, 6.07) is 4.42. The Labute approximate surface area is 120 Å². The number of carboxylic acid groups (broad SMARTS) is 1. The first-order valence-electron chi connectivity index (χ1n) is 6.48. The minimum atomic E-state index is -0.806. The van der Waals surface area contributed by atoms with Gasteiger partial charge in [0, 0.05) is 16.6 Å². The van der Waals surface area contributed by atoms with Crippen LogP contribution in [0.3, 0.4) is 0 Å². The molecule has 104 valence electrons. The van der Waals surface area contributed by atoms with E-state index in [0.717, 1.165) is 19.3 Å². The highest BCUT2D eigenvalue weighted by molar-refractivity contribution is 9.10. The molecule has 1 N–H and O–H groups in total. The predicted molar refractivity (Wildman–Crippen MR) is 74.4 cm³/mol. The van der Waals surface area contributed by atoms with Crippen molar-refractivity contribution < 1.29 is 14.3 Å². The lowest BCUT2D eigenvalue weighted by Gasteiger charge is -2.26. The second-order valence-electron chi connectivity index (χ2n) is 4.91. The molecule has 1 aliphatic rings. The summed E-state index contributed by atoms with van der Waals surface area (Å²) in [6.07, 6.45) is 3.59. The lowest BCUT2D eigenvalue weighted by atomic mass is 10.1. The number of carboxylic acids is 1. The van der Waals surface area contributed by atoms with E-state index in [0.29, 0.717) is 29.5 Å². The van der Waals surface area contributed by atoms with Crippen molar-refractivity contribution >= 4 is 21.9 Å². The Balaban J connectivity index is 2.16. The third-order valence-corrected chi connectivity index (χ3v) is 4.03. The van der Waals surface area contributed by atoms with Crippen molar-refractivity contribution in [2.24, 2.45) is 0 Å². The molecule has 0 saturated carbocycles. The summed E-state index contributed by atoms with van der Waals surface area (Å²) in [4.78, 5) is 13.2. The maximum Gasteiger partial charge on any atom is 0.320 e. The van der Waals surface area contributed by atoms with Gasteiger partial charge in [0.25, 0.3) is 0 Å². The number of rotatable bonds is 3. The Morgan fingerprint density at radius 3 is 2.89 bits per heavy atom. The van der Waals surface area contributed by atoms with Gasteiger partial charge in [-0.1, -0.05) is 34.8 Å². The average molecular weight is 330 g/mol. The van der Waals surface area contributed by atoms with E-state index in [9.17, 15) is 14.3 Å². The number of carbonyl (C=O) groups is 1. The van der Waals surface area contributed by atoms with E-state index in [1.165, 1.54) is 6.07 Å². The maximum atomic E-state index is 13.8. The normalized spacial score (nSPS) is 21.1. The molecule has 1 atom stereocenters. The highest BCUT2D eigenvalue weighted by Crippen LogP contribution is 2.22. The van der Waals surface area contributed by atoms with Crippen molar-refractivity contribution in [3.05, 3.63) is 34.1 Å². The Morgan fingerprint density at radius 2 is 2.21 bits per heavy atom. The number of aliphatic carboxylic acids is 1. The summed E-state index contributed by atoms with van der Waals surface area (Å²) < 4.78 is 14.5. The molecule has 0 bridgehead atoms. The Bertz CT molecular complexity index is 467. The van der Waals surface area contributed by atoms with E-state index >= 15 is 0 Å². The number of likely N-dealkylation sites (tertiary alicyclic amines) is 1. The van der Waals surface area contributed by atoms with Crippen LogP contribution in [0.4, 0.5) is 4.39 Å². The largest absolute Gasteiger partial charge is 0.480 e. The number of hydrogen-bond acceptors (Lipinski definition) is 2. The fourth-order valence-electron chi connectivity index (χ4n) is 2.51. The SMILES string of the molecule is O=C(O)C1CCCCCN1Cc1ccc(Br)cc1F. The minimum Gasteiger partial charge on any atom is -0.480 e. The summed E-state index contributed by atoms with van der Waals surface area (Å²) in [5.41, 5.74) is 0.552. The van der Waals surface area contributed by atoms with Crippen LogP contribution in [-0.4, -0.2) is 28.6 Å². The van der Waals surface area contributed by atoms with Gasteiger partial charge in [0.15, 0.2) is 0 Å². The van der Waals surface area contributed by atoms with Crippen molar-refractivity contribution in [3.63, 3.8) is 0 Å². The standard InChI is InChI=1S/C14H17BrFNO2/c15-11-6-5-10(12(16)8-11)9-17-7-3-1-2-4-13(17)14(18)19/h5-6,8,13H,1-4,7,9H2,(H,18,19). The van der Waals surface area contributed by atoms with E-state index in [1.807, 2.05) is 4.90 Å². The van der Waals surface area contributed by atoms with Gasteiger partial charge in [0.05, 0.1) is 0 Å². The molecule has 0 spiro atoms. The van der Waals surface area contributed by atoms with Crippen LogP contribution in [0.1, 0.15) is 31.2 Å². The van der Waals surface area contributed by atoms with Crippen LogP contribution in [0.25, 0.3) is 0 Å². The molecule has 1 fully saturated rings. The number of hydrogen-bond donors (Lipinski definition) is 1. The van der Waals surface area contributed by atoms with Gasteiger partial charge in [-0.05, 0) is 31.5 Å². The third-order valence-electron chi connectivity index (χ3n) is 3.54. The highest BCUT2D eigenvalue weighted by Gasteiger charge is 2.27. The zero-order valence-corrected chi connectivity index (χ0v) is 12.2. The molecule has 1 aliphatic heterocycles. The van der Waals surface area contributed by atoms with Crippen LogP contribution in [0, 0.1) is 5.82 Å². The number of nitrogens with zero attached hydrogens (tertiary/aromatic N) is 1. The summed E-state index contributed by atoms with van der Waals surface area (Å²) in [6.45, 7) is 1.07. The highest BCUT2D eigenvalue weighted by atomic mass is 79.9. The van der Waals surface area contributed by atoms with Gasteiger partial charge in [-0.2, -0.15) is 0 Å². The Morgan fingerprint density at radius 1 is 1.42 bits per heavy atom. The molecule has 1 heterocycles. The first-order chi connectivity index (χ1) is 9.08. The molecular formula is C14H17BrFNO2. The molecule has 0 aromatic heterocycles. The Kier molecular flexibility index (Phi) is 4.93. The van der Waals surface area contributed by atoms with Crippen LogP contribution >= 0.6 is 15.9 Å². The van der Waals surface area contributed by atoms with Crippen molar-refractivity contribution in [1.29, 1.82) is 0 Å². The second-order valence-corrected chi connectivity index (χ2v) is 5.83. The van der Waals surface area contributed by atoms with Gasteiger partial charge >= 0.3 is 5.97 Å². The smallest absolute Gasteiger partial charge is 0.320 e. The first-order valence-corrected chi connectivity index (χ1v) is 7.28. The molecule has 19 heavy (non-hydrogen) atoms. The maximum absolute atomic E-state index is 13.8. The van der Waals surface area contributed by atoms with Gasteiger partial charge < -0.3 is 5.11 Å². The van der Waals surface area contributed by atoms with Gasteiger partial charge in [-0.3, -0.25) is 9.69 Å². The zero-order chi connectivity index (χ0) is 13.8. The monoisotopic (exact) mass is 329 g/mol. The second kappa shape index (κ2) is 6.48. The lowest BCUT2D eigenvalue weighted by Crippen LogP contribution is -2.40. The van der Waals surface area contributed by atoms with Crippen LogP contribution in [0.15, 0.2) is 22.7 Å². The molecule has 0 radical (unpaired) electrons. The zero-order valence-electron chi connectivity index (χ0n) is 10.6. The van der Waals surface area contributed by atoms with E-state index in [1.54, 1.807) is 12.1 Å². The molecule has 1 unspecified atom stereocenters. The van der Waals surface area contributed by atoms with Gasteiger partial charge in [-0.25, -0.2) is 4.39 Å². The third kappa shape index (κ3) is 3.76. The first kappa shape index (κ1) is 14.5. The minimum absolute atomic E-state index is 0.289. The molecule has 0 aliphatic carbocycles. The van der Waals surface area contributed by atoms with Crippen LogP contribution < -0.4 is 0 Å². The predicted octanol–water partition coefficient (Wildman–Crippen LogP) is 3.42. The summed E-state index contributed by atoms with van der Waals surface area (Å²) >= 11 is 3.22. The summed E-state index contributed by atoms with van der Waals surface area (Å²) in [5.74, 6) is -1.10. The molecule has 3 nitrogen and oxygen atoms in total. The topological polar surface area (TPSA) is 40.5 Å². The average Bonchev–Trinajstić information content (AvgIpc) is 2.58. The van der Waals surface area contributed by atoms with E-state index in [-0.39, 0.29) is 5.82 Å². The van der Waals surface area contributed by atoms with Crippen molar-refractivity contribution in [2.45, 2.75) is 38.3 Å².